The minimum absolute atomic E-state index is 0.0456. The van der Waals surface area contributed by atoms with Gasteiger partial charge in [0.15, 0.2) is 5.75 Å². The van der Waals surface area contributed by atoms with Crippen LogP contribution in [-0.4, -0.2) is 103 Å². The van der Waals surface area contributed by atoms with Gasteiger partial charge < -0.3 is 29.3 Å². The number of halogens is 1. The molecule has 0 radical (unpaired) electrons. The lowest BCUT2D eigenvalue weighted by atomic mass is 10.0. The maximum Gasteiger partial charge on any atom is 0.312 e. The normalized spacial score (nSPS) is 18.9. The molecule has 0 bridgehead atoms. The van der Waals surface area contributed by atoms with Crippen LogP contribution in [0.2, 0.25) is 5.02 Å². The first-order valence-electron chi connectivity index (χ1n) is 18.1. The summed E-state index contributed by atoms with van der Waals surface area (Å²) in [6.07, 6.45) is 2.25. The van der Waals surface area contributed by atoms with Gasteiger partial charge in [-0.15, -0.1) is 0 Å². The van der Waals surface area contributed by atoms with Crippen molar-refractivity contribution in [3.8, 4) is 11.5 Å². The standard InChI is InChI=1S/C38H39ClN6O10/c1-42-30-6-3-23(18-22(30)2-9-35(42)47)40-29-21-33(32(45(51)52)20-28(29)39)55-24-10-12-43(13-11-24)14-15-53-16-17-54-25-4-5-26-27(19-25)38(50)44(37(26)49)31-7-8-34(46)41-36(31)48/h3-6,18-21,24,31,40H,2,7-17H2,1H3,(H,41,46,48). The van der Waals surface area contributed by atoms with Crippen molar-refractivity contribution in [3.05, 3.63) is 80.4 Å². The molecule has 4 aliphatic heterocycles. The van der Waals surface area contributed by atoms with E-state index < -0.39 is 34.6 Å². The summed E-state index contributed by atoms with van der Waals surface area (Å²) in [5, 5.41) is 17.5. The third-order valence-corrected chi connectivity index (χ3v) is 10.5. The molecule has 0 aliphatic carbocycles. The first-order chi connectivity index (χ1) is 26.5. The molecule has 5 amide bonds. The zero-order valence-electron chi connectivity index (χ0n) is 30.0. The molecule has 55 heavy (non-hydrogen) atoms. The highest BCUT2D eigenvalue weighted by Gasteiger charge is 2.44. The molecule has 288 valence electrons. The first kappa shape index (κ1) is 37.7. The number of nitrogens with one attached hydrogen (secondary N) is 2. The van der Waals surface area contributed by atoms with E-state index in [1.807, 2.05) is 18.2 Å². The second-order valence-electron chi connectivity index (χ2n) is 13.8. The molecule has 2 saturated heterocycles. The molecule has 17 heteroatoms. The number of nitrogens with zero attached hydrogens (tertiary/aromatic N) is 4. The monoisotopic (exact) mass is 774 g/mol. The van der Waals surface area contributed by atoms with Gasteiger partial charge in [0.05, 0.1) is 40.0 Å². The predicted molar refractivity (Wildman–Crippen MR) is 199 cm³/mol. The van der Waals surface area contributed by atoms with Crippen molar-refractivity contribution < 1.29 is 43.1 Å². The Labute approximate surface area is 320 Å². The number of benzene rings is 3. The Morgan fingerprint density at radius 1 is 0.909 bits per heavy atom. The molecular formula is C38H39ClN6O10. The topological polar surface area (TPSA) is 190 Å². The lowest BCUT2D eigenvalue weighted by Gasteiger charge is -2.32. The van der Waals surface area contributed by atoms with Crippen LogP contribution >= 0.6 is 11.6 Å². The largest absolute Gasteiger partial charge is 0.491 e. The third kappa shape index (κ3) is 8.11. The summed E-state index contributed by atoms with van der Waals surface area (Å²) in [6.45, 7) is 3.01. The molecular weight excluding hydrogens is 736 g/mol. The molecule has 0 saturated carbocycles. The van der Waals surface area contributed by atoms with Crippen molar-refractivity contribution in [2.24, 2.45) is 0 Å². The minimum atomic E-state index is -1.03. The van der Waals surface area contributed by atoms with E-state index in [1.165, 1.54) is 18.2 Å². The number of nitro benzene ring substituents is 1. The molecule has 3 aromatic carbocycles. The lowest BCUT2D eigenvalue weighted by Crippen LogP contribution is -2.54. The van der Waals surface area contributed by atoms with Gasteiger partial charge in [-0.2, -0.15) is 0 Å². The van der Waals surface area contributed by atoms with Crippen LogP contribution < -0.4 is 25.0 Å². The van der Waals surface area contributed by atoms with Gasteiger partial charge in [-0.05, 0) is 67.6 Å². The fourth-order valence-electron chi connectivity index (χ4n) is 7.25. The number of anilines is 3. The van der Waals surface area contributed by atoms with E-state index in [0.717, 1.165) is 21.8 Å². The van der Waals surface area contributed by atoms with E-state index in [1.54, 1.807) is 24.1 Å². The molecule has 7 rings (SSSR count). The van der Waals surface area contributed by atoms with Gasteiger partial charge in [-0.3, -0.25) is 44.3 Å². The molecule has 4 aliphatic rings. The van der Waals surface area contributed by atoms with E-state index in [-0.39, 0.29) is 65.7 Å². The number of ether oxygens (including phenoxy) is 3. The van der Waals surface area contributed by atoms with Crippen LogP contribution in [0.4, 0.5) is 22.7 Å². The molecule has 16 nitrogen and oxygen atoms in total. The maximum absolute atomic E-state index is 13.0. The van der Waals surface area contributed by atoms with Crippen LogP contribution in [0.3, 0.4) is 0 Å². The zero-order valence-corrected chi connectivity index (χ0v) is 30.8. The number of rotatable bonds is 13. The van der Waals surface area contributed by atoms with E-state index in [0.29, 0.717) is 63.4 Å². The second-order valence-corrected chi connectivity index (χ2v) is 14.2. The van der Waals surface area contributed by atoms with Crippen molar-refractivity contribution in [3.63, 3.8) is 0 Å². The number of imide groups is 2. The Morgan fingerprint density at radius 2 is 1.69 bits per heavy atom. The number of fused-ring (bicyclic) bond motifs is 2. The number of likely N-dealkylation sites (tertiary alicyclic amines) is 1. The number of piperidine rings is 2. The Balaban J connectivity index is 0.851. The van der Waals surface area contributed by atoms with Crippen molar-refractivity contribution in [2.75, 3.05) is 56.7 Å². The molecule has 0 spiro atoms. The highest BCUT2D eigenvalue weighted by atomic mass is 35.5. The highest BCUT2D eigenvalue weighted by molar-refractivity contribution is 6.33. The number of hydrogen-bond donors (Lipinski definition) is 2. The number of carbonyl (C=O) groups is 5. The van der Waals surface area contributed by atoms with E-state index >= 15 is 0 Å². The van der Waals surface area contributed by atoms with Crippen LogP contribution in [0, 0.1) is 10.1 Å². The molecule has 4 heterocycles. The lowest BCUT2D eigenvalue weighted by molar-refractivity contribution is -0.386. The summed E-state index contributed by atoms with van der Waals surface area (Å²) in [5.41, 5.74) is 3.18. The van der Waals surface area contributed by atoms with Gasteiger partial charge in [-0.1, -0.05) is 11.6 Å². The molecule has 2 N–H and O–H groups in total. The second kappa shape index (κ2) is 16.0. The van der Waals surface area contributed by atoms with Crippen molar-refractivity contribution >= 4 is 63.9 Å². The van der Waals surface area contributed by atoms with E-state index in [4.69, 9.17) is 25.8 Å². The molecule has 1 unspecified atom stereocenters. The average molecular weight is 775 g/mol. The molecule has 3 aromatic rings. The highest BCUT2D eigenvalue weighted by Crippen LogP contribution is 2.40. The Hall–Kier alpha value is -5.58. The fourth-order valence-corrected chi connectivity index (χ4v) is 7.46. The molecule has 0 aromatic heterocycles. The van der Waals surface area contributed by atoms with Gasteiger partial charge in [0.25, 0.3) is 11.8 Å². The SMILES string of the molecule is CN1C(=O)CCc2cc(Nc3cc(OC4CCN(CCOCCOc5ccc6c(c5)C(=O)N(C5CCC(=O)NC5=O)C6=O)CC4)c([N+](=O)[O-])cc3Cl)ccc21. The third-order valence-electron chi connectivity index (χ3n) is 10.2. The summed E-state index contributed by atoms with van der Waals surface area (Å²) in [7, 11) is 1.75. The van der Waals surface area contributed by atoms with Crippen LogP contribution in [-0.2, 0) is 25.5 Å². The predicted octanol–water partition coefficient (Wildman–Crippen LogP) is 4.24. The molecule has 2 fully saturated rings. The van der Waals surface area contributed by atoms with E-state index in [2.05, 4.69) is 15.5 Å². The summed E-state index contributed by atoms with van der Waals surface area (Å²) in [4.78, 5) is 78.0. The van der Waals surface area contributed by atoms with E-state index in [9.17, 15) is 34.1 Å². The maximum atomic E-state index is 13.0. The average Bonchev–Trinajstić information content (AvgIpc) is 3.41. The van der Waals surface area contributed by atoms with Gasteiger partial charge in [0.1, 0.15) is 24.5 Å². The van der Waals surface area contributed by atoms with Gasteiger partial charge in [0.2, 0.25) is 17.7 Å². The van der Waals surface area contributed by atoms with Crippen molar-refractivity contribution in [1.82, 2.24) is 15.1 Å². The number of aryl methyl sites for hydroxylation is 1. The van der Waals surface area contributed by atoms with Crippen molar-refractivity contribution in [1.29, 1.82) is 0 Å². The smallest absolute Gasteiger partial charge is 0.312 e. The van der Waals surface area contributed by atoms with Crippen LogP contribution in [0.1, 0.15) is 58.4 Å². The quantitative estimate of drug-likeness (QED) is 0.109. The van der Waals surface area contributed by atoms with Crippen molar-refractivity contribution in [2.45, 2.75) is 50.7 Å². The Bertz CT molecular complexity index is 2070. The zero-order chi connectivity index (χ0) is 38.8. The number of hydrogen-bond acceptors (Lipinski definition) is 12. The van der Waals surface area contributed by atoms with Crippen LogP contribution in [0.15, 0.2) is 48.5 Å². The number of amides is 5. The van der Waals surface area contributed by atoms with Gasteiger partial charge in [-0.25, -0.2) is 0 Å². The fraction of sp³-hybridized carbons (Fsp3) is 0.395. The Morgan fingerprint density at radius 3 is 2.45 bits per heavy atom. The summed E-state index contributed by atoms with van der Waals surface area (Å²) < 4.78 is 17.7. The summed E-state index contributed by atoms with van der Waals surface area (Å²) in [5.74, 6) is -1.71. The molecule has 1 atom stereocenters. The summed E-state index contributed by atoms with van der Waals surface area (Å²) in [6, 6.07) is 12.0. The number of nitro groups is 1. The van der Waals surface area contributed by atoms with Crippen LogP contribution in [0.5, 0.6) is 11.5 Å². The Kier molecular flexibility index (Phi) is 11.0. The minimum Gasteiger partial charge on any atom is -0.491 e. The summed E-state index contributed by atoms with van der Waals surface area (Å²) >= 11 is 6.48. The van der Waals surface area contributed by atoms with Crippen LogP contribution in [0.25, 0.3) is 0 Å². The van der Waals surface area contributed by atoms with Gasteiger partial charge >= 0.3 is 5.69 Å². The van der Waals surface area contributed by atoms with Gasteiger partial charge in [0, 0.05) is 63.0 Å². The first-order valence-corrected chi connectivity index (χ1v) is 18.4. The number of carbonyl (C=O) groups excluding carboxylic acids is 5.